The van der Waals surface area contributed by atoms with Crippen molar-refractivity contribution in [1.29, 1.82) is 0 Å². The summed E-state index contributed by atoms with van der Waals surface area (Å²) >= 11 is 5.88. The van der Waals surface area contributed by atoms with Crippen LogP contribution in [0.3, 0.4) is 0 Å². The molecule has 1 aliphatic rings. The molecule has 2 amide bonds. The predicted octanol–water partition coefficient (Wildman–Crippen LogP) is 3.22. The van der Waals surface area contributed by atoms with Crippen molar-refractivity contribution in [1.82, 2.24) is 20.4 Å². The van der Waals surface area contributed by atoms with E-state index >= 15 is 0 Å². The van der Waals surface area contributed by atoms with Crippen molar-refractivity contribution < 1.29 is 14.2 Å². The Labute approximate surface area is 179 Å². The summed E-state index contributed by atoms with van der Waals surface area (Å²) in [6, 6.07) is 4.49. The maximum Gasteiger partial charge on any atom is 0.317 e. The van der Waals surface area contributed by atoms with Gasteiger partial charge in [0.2, 0.25) is 5.89 Å². The molecule has 3 rings (SSSR count). The molecule has 0 unspecified atom stereocenters. The number of aromatic nitrogens is 2. The highest BCUT2D eigenvalue weighted by atomic mass is 35.5. The Morgan fingerprint density at radius 3 is 2.70 bits per heavy atom. The Kier molecular flexibility index (Phi) is 7.09. The van der Waals surface area contributed by atoms with Gasteiger partial charge in [0.25, 0.3) is 5.69 Å². The number of nitrogens with one attached hydrogen (secondary N) is 1. The number of hydrogen-bond donors (Lipinski definition) is 1. The lowest BCUT2D eigenvalue weighted by atomic mass is 10.2. The van der Waals surface area contributed by atoms with Crippen LogP contribution in [0, 0.1) is 10.1 Å². The summed E-state index contributed by atoms with van der Waals surface area (Å²) in [5.74, 6) is 1.48. The summed E-state index contributed by atoms with van der Waals surface area (Å²) in [7, 11) is 0. The van der Waals surface area contributed by atoms with Crippen molar-refractivity contribution in [2.24, 2.45) is 0 Å². The smallest absolute Gasteiger partial charge is 0.317 e. The molecule has 2 aromatic rings. The van der Waals surface area contributed by atoms with E-state index < -0.39 is 4.92 Å². The summed E-state index contributed by atoms with van der Waals surface area (Å²) in [5, 5.41) is 18.4. The van der Waals surface area contributed by atoms with E-state index in [0.29, 0.717) is 68.0 Å². The van der Waals surface area contributed by atoms with Crippen molar-refractivity contribution >= 4 is 29.0 Å². The van der Waals surface area contributed by atoms with E-state index in [2.05, 4.69) is 15.5 Å². The standard InChI is InChI=1S/C19H25ClN6O4/c1-13(2)18-22-17(30-23-18)4-3-7-21-19(27)25-10-8-24(9-11-25)15-6-5-14(20)12-16(15)26(28)29/h5-6,12-13H,3-4,7-11H2,1-2H3,(H,21,27). The van der Waals surface area contributed by atoms with Crippen LogP contribution in [0.1, 0.15) is 37.9 Å². The number of amides is 2. The van der Waals surface area contributed by atoms with E-state index in [1.807, 2.05) is 18.7 Å². The van der Waals surface area contributed by atoms with Crippen molar-refractivity contribution in [2.45, 2.75) is 32.6 Å². The van der Waals surface area contributed by atoms with E-state index in [4.69, 9.17) is 16.1 Å². The molecule has 1 aliphatic heterocycles. The van der Waals surface area contributed by atoms with E-state index in [1.54, 1.807) is 17.0 Å². The van der Waals surface area contributed by atoms with Crippen LogP contribution < -0.4 is 10.2 Å². The van der Waals surface area contributed by atoms with E-state index in [1.165, 1.54) is 6.07 Å². The first-order valence-electron chi connectivity index (χ1n) is 9.89. The summed E-state index contributed by atoms with van der Waals surface area (Å²) < 4.78 is 5.19. The second-order valence-electron chi connectivity index (χ2n) is 7.40. The molecule has 0 radical (unpaired) electrons. The molecule has 10 nitrogen and oxygen atoms in total. The number of nitrogens with zero attached hydrogens (tertiary/aromatic N) is 5. The molecular formula is C19H25ClN6O4. The largest absolute Gasteiger partial charge is 0.362 e. The maximum absolute atomic E-state index is 12.4. The van der Waals surface area contributed by atoms with Gasteiger partial charge in [-0.2, -0.15) is 4.98 Å². The second kappa shape index (κ2) is 9.75. The van der Waals surface area contributed by atoms with Crippen LogP contribution in [0.5, 0.6) is 0 Å². The fourth-order valence-electron chi connectivity index (χ4n) is 3.21. The number of nitro groups is 1. The summed E-state index contributed by atoms with van der Waals surface area (Å²) in [6.07, 6.45) is 1.30. The summed E-state index contributed by atoms with van der Waals surface area (Å²) in [4.78, 5) is 31.2. The van der Waals surface area contributed by atoms with Crippen molar-refractivity contribution in [3.8, 4) is 0 Å². The molecule has 0 bridgehead atoms. The minimum atomic E-state index is -0.437. The number of halogens is 1. The monoisotopic (exact) mass is 436 g/mol. The zero-order chi connectivity index (χ0) is 21.7. The molecule has 2 heterocycles. The molecule has 162 valence electrons. The molecule has 0 spiro atoms. The SMILES string of the molecule is CC(C)c1noc(CCCNC(=O)N2CCN(c3ccc(Cl)cc3[N+](=O)[O-])CC2)n1. The van der Waals surface area contributed by atoms with Gasteiger partial charge in [-0.05, 0) is 18.6 Å². The Morgan fingerprint density at radius 2 is 2.07 bits per heavy atom. The zero-order valence-electron chi connectivity index (χ0n) is 17.0. The normalized spacial score (nSPS) is 14.3. The third kappa shape index (κ3) is 5.38. The molecule has 1 aromatic carbocycles. The molecule has 0 atom stereocenters. The van der Waals surface area contributed by atoms with Crippen LogP contribution in [0.4, 0.5) is 16.2 Å². The van der Waals surface area contributed by atoms with Gasteiger partial charge < -0.3 is 19.6 Å². The predicted molar refractivity (Wildman–Crippen MR) is 112 cm³/mol. The second-order valence-corrected chi connectivity index (χ2v) is 7.84. The van der Waals surface area contributed by atoms with Gasteiger partial charge in [-0.15, -0.1) is 0 Å². The van der Waals surface area contributed by atoms with Gasteiger partial charge in [0, 0.05) is 56.2 Å². The van der Waals surface area contributed by atoms with Crippen molar-refractivity contribution in [3.05, 3.63) is 45.1 Å². The van der Waals surface area contributed by atoms with Gasteiger partial charge in [0.15, 0.2) is 5.82 Å². The van der Waals surface area contributed by atoms with Gasteiger partial charge >= 0.3 is 6.03 Å². The fraction of sp³-hybridized carbons (Fsp3) is 0.526. The molecule has 30 heavy (non-hydrogen) atoms. The van der Waals surface area contributed by atoms with Gasteiger partial charge in [-0.25, -0.2) is 4.79 Å². The number of benzene rings is 1. The lowest BCUT2D eigenvalue weighted by Crippen LogP contribution is -2.52. The lowest BCUT2D eigenvalue weighted by molar-refractivity contribution is -0.384. The minimum Gasteiger partial charge on any atom is -0.362 e. The first-order valence-corrected chi connectivity index (χ1v) is 10.3. The molecule has 1 N–H and O–H groups in total. The molecule has 1 fully saturated rings. The highest BCUT2D eigenvalue weighted by Gasteiger charge is 2.26. The fourth-order valence-corrected chi connectivity index (χ4v) is 3.38. The number of aryl methyl sites for hydroxylation is 1. The Balaban J connectivity index is 1.43. The third-order valence-electron chi connectivity index (χ3n) is 4.89. The Hall–Kier alpha value is -2.88. The van der Waals surface area contributed by atoms with Crippen LogP contribution in [0.2, 0.25) is 5.02 Å². The lowest BCUT2D eigenvalue weighted by Gasteiger charge is -2.35. The molecule has 11 heteroatoms. The summed E-state index contributed by atoms with van der Waals surface area (Å²) in [5.41, 5.74) is 0.492. The first kappa shape index (κ1) is 21.8. The number of hydrogen-bond acceptors (Lipinski definition) is 7. The van der Waals surface area contributed by atoms with Crippen LogP contribution >= 0.6 is 11.6 Å². The number of urea groups is 1. The first-order chi connectivity index (χ1) is 14.3. The number of piperazine rings is 1. The number of nitro benzene ring substituents is 1. The number of anilines is 1. The highest BCUT2D eigenvalue weighted by Crippen LogP contribution is 2.31. The van der Waals surface area contributed by atoms with Gasteiger partial charge in [0.05, 0.1) is 4.92 Å². The number of rotatable bonds is 7. The van der Waals surface area contributed by atoms with Crippen LogP contribution in [0.15, 0.2) is 22.7 Å². The van der Waals surface area contributed by atoms with Gasteiger partial charge in [0.1, 0.15) is 5.69 Å². The highest BCUT2D eigenvalue weighted by molar-refractivity contribution is 6.30. The molecule has 1 saturated heterocycles. The third-order valence-corrected chi connectivity index (χ3v) is 5.12. The van der Waals surface area contributed by atoms with Crippen molar-refractivity contribution in [2.75, 3.05) is 37.6 Å². The average molecular weight is 437 g/mol. The maximum atomic E-state index is 12.4. The van der Waals surface area contributed by atoms with Crippen LogP contribution in [-0.2, 0) is 6.42 Å². The molecular weight excluding hydrogens is 412 g/mol. The molecule has 0 saturated carbocycles. The zero-order valence-corrected chi connectivity index (χ0v) is 17.8. The Morgan fingerprint density at radius 1 is 1.33 bits per heavy atom. The quantitative estimate of drug-likeness (QED) is 0.402. The van der Waals surface area contributed by atoms with Gasteiger partial charge in [-0.3, -0.25) is 10.1 Å². The van der Waals surface area contributed by atoms with E-state index in [0.717, 1.165) is 0 Å². The van der Waals surface area contributed by atoms with E-state index in [9.17, 15) is 14.9 Å². The summed E-state index contributed by atoms with van der Waals surface area (Å²) in [6.45, 7) is 6.48. The van der Waals surface area contributed by atoms with Crippen LogP contribution in [0.25, 0.3) is 0 Å². The minimum absolute atomic E-state index is 0.0259. The average Bonchev–Trinajstić information content (AvgIpc) is 3.20. The number of carbonyl (C=O) groups is 1. The molecule has 1 aromatic heterocycles. The van der Waals surface area contributed by atoms with Gasteiger partial charge in [-0.1, -0.05) is 30.6 Å². The van der Waals surface area contributed by atoms with Crippen LogP contribution in [-0.4, -0.2) is 58.7 Å². The molecule has 0 aliphatic carbocycles. The topological polar surface area (TPSA) is 118 Å². The van der Waals surface area contributed by atoms with Crippen molar-refractivity contribution in [3.63, 3.8) is 0 Å². The Bertz CT molecular complexity index is 895. The van der Waals surface area contributed by atoms with E-state index in [-0.39, 0.29) is 17.6 Å². The number of carbonyl (C=O) groups excluding carboxylic acids is 1.